The molecule has 1 aromatic rings. The first-order valence-corrected chi connectivity index (χ1v) is 4.53. The van der Waals surface area contributed by atoms with Crippen LogP contribution in [0.4, 0.5) is 0 Å². The van der Waals surface area contributed by atoms with Gasteiger partial charge in [0.25, 0.3) is 0 Å². The summed E-state index contributed by atoms with van der Waals surface area (Å²) in [4.78, 5) is 22.3. The van der Waals surface area contributed by atoms with Crippen LogP contribution in [0.25, 0.3) is 0 Å². The van der Waals surface area contributed by atoms with Crippen molar-refractivity contribution in [1.29, 1.82) is 0 Å². The van der Waals surface area contributed by atoms with Crippen LogP contribution < -0.4 is 0 Å². The molecule has 0 aromatic carbocycles. The van der Waals surface area contributed by atoms with E-state index >= 15 is 0 Å². The van der Waals surface area contributed by atoms with Gasteiger partial charge in [0.1, 0.15) is 0 Å². The standard InChI is InChI=1S/C10H11NO3/c1-11-5-7(10(13)14)4-8(11)9(12)6-2-3-6/h4-6H,2-3H2,1H3,(H,13,14). The summed E-state index contributed by atoms with van der Waals surface area (Å²) in [5.41, 5.74) is 0.682. The van der Waals surface area contributed by atoms with Crippen molar-refractivity contribution in [2.24, 2.45) is 13.0 Å². The van der Waals surface area contributed by atoms with Gasteiger partial charge in [0.05, 0.1) is 11.3 Å². The van der Waals surface area contributed by atoms with Crippen LogP contribution >= 0.6 is 0 Å². The highest BCUT2D eigenvalue weighted by Gasteiger charge is 2.32. The predicted octanol–water partition coefficient (Wildman–Crippen LogP) is 1.32. The summed E-state index contributed by atoms with van der Waals surface area (Å²) in [6.45, 7) is 0. The Bertz CT molecular complexity index is 401. The minimum absolute atomic E-state index is 0.0694. The quantitative estimate of drug-likeness (QED) is 0.736. The highest BCUT2D eigenvalue weighted by Crippen LogP contribution is 2.32. The number of aryl methyl sites for hydroxylation is 1. The Balaban J connectivity index is 2.33. The molecule has 0 radical (unpaired) electrons. The number of aromatic carboxylic acids is 1. The van der Waals surface area contributed by atoms with Crippen LogP contribution in [-0.4, -0.2) is 21.4 Å². The molecule has 74 valence electrons. The lowest BCUT2D eigenvalue weighted by Crippen LogP contribution is -2.06. The van der Waals surface area contributed by atoms with E-state index in [2.05, 4.69) is 0 Å². The molecule has 0 saturated heterocycles. The summed E-state index contributed by atoms with van der Waals surface area (Å²) in [5, 5.41) is 8.73. The second kappa shape index (κ2) is 2.97. The van der Waals surface area contributed by atoms with E-state index in [1.54, 1.807) is 11.6 Å². The van der Waals surface area contributed by atoms with Crippen LogP contribution in [0.1, 0.15) is 33.7 Å². The van der Waals surface area contributed by atoms with Crippen molar-refractivity contribution >= 4 is 11.8 Å². The predicted molar refractivity (Wildman–Crippen MR) is 49.4 cm³/mol. The van der Waals surface area contributed by atoms with Gasteiger partial charge in [0.15, 0.2) is 5.78 Å². The monoisotopic (exact) mass is 193 g/mol. The van der Waals surface area contributed by atoms with Gasteiger partial charge in [0.2, 0.25) is 0 Å². The molecule has 1 aromatic heterocycles. The third-order valence-corrected chi connectivity index (χ3v) is 2.45. The molecule has 4 heteroatoms. The Morgan fingerprint density at radius 1 is 1.50 bits per heavy atom. The number of ketones is 1. The maximum atomic E-state index is 11.6. The van der Waals surface area contributed by atoms with E-state index in [1.165, 1.54) is 12.3 Å². The summed E-state index contributed by atoms with van der Waals surface area (Å²) in [7, 11) is 1.70. The molecule has 1 aliphatic rings. The number of carboxylic acids is 1. The molecule has 0 spiro atoms. The molecule has 14 heavy (non-hydrogen) atoms. The lowest BCUT2D eigenvalue weighted by atomic mass is 10.2. The Morgan fingerprint density at radius 3 is 2.57 bits per heavy atom. The van der Waals surface area contributed by atoms with E-state index in [9.17, 15) is 9.59 Å². The maximum absolute atomic E-state index is 11.6. The van der Waals surface area contributed by atoms with E-state index in [4.69, 9.17) is 5.11 Å². The van der Waals surface area contributed by atoms with Crippen molar-refractivity contribution in [3.63, 3.8) is 0 Å². The summed E-state index contributed by atoms with van der Waals surface area (Å²) >= 11 is 0. The summed E-state index contributed by atoms with van der Waals surface area (Å²) in [6, 6.07) is 1.45. The fraction of sp³-hybridized carbons (Fsp3) is 0.400. The van der Waals surface area contributed by atoms with E-state index in [0.29, 0.717) is 5.69 Å². The molecule has 0 unspecified atom stereocenters. The SMILES string of the molecule is Cn1cc(C(=O)O)cc1C(=O)C1CC1. The summed E-state index contributed by atoms with van der Waals surface area (Å²) in [5.74, 6) is -0.791. The lowest BCUT2D eigenvalue weighted by Gasteiger charge is -1.98. The normalized spacial score (nSPS) is 15.5. The highest BCUT2D eigenvalue weighted by atomic mass is 16.4. The average molecular weight is 193 g/mol. The van der Waals surface area contributed by atoms with Crippen LogP contribution in [0, 0.1) is 5.92 Å². The minimum atomic E-state index is -0.990. The van der Waals surface area contributed by atoms with Crippen molar-refractivity contribution in [2.75, 3.05) is 0 Å². The number of nitrogens with zero attached hydrogens (tertiary/aromatic N) is 1. The molecule has 0 bridgehead atoms. The molecule has 1 aliphatic carbocycles. The number of rotatable bonds is 3. The minimum Gasteiger partial charge on any atom is -0.478 e. The second-order valence-electron chi connectivity index (χ2n) is 3.67. The molecular weight excluding hydrogens is 182 g/mol. The Labute approximate surface area is 81.2 Å². The topological polar surface area (TPSA) is 59.3 Å². The summed E-state index contributed by atoms with van der Waals surface area (Å²) < 4.78 is 1.59. The van der Waals surface area contributed by atoms with Gasteiger partial charge in [-0.1, -0.05) is 0 Å². The number of carboxylic acid groups (broad SMARTS) is 1. The largest absolute Gasteiger partial charge is 0.478 e. The molecule has 2 rings (SSSR count). The van der Waals surface area contributed by atoms with Crippen LogP contribution in [-0.2, 0) is 7.05 Å². The fourth-order valence-corrected chi connectivity index (χ4v) is 1.48. The fourth-order valence-electron chi connectivity index (χ4n) is 1.48. The number of aromatic nitrogens is 1. The number of carbonyl (C=O) groups excluding carboxylic acids is 1. The molecule has 0 aliphatic heterocycles. The number of hydrogen-bond donors (Lipinski definition) is 1. The first-order valence-electron chi connectivity index (χ1n) is 4.53. The highest BCUT2D eigenvalue weighted by molar-refractivity contribution is 6.00. The Hall–Kier alpha value is -1.58. The molecule has 0 atom stereocenters. The molecule has 0 amide bonds. The molecule has 1 heterocycles. The molecule has 1 saturated carbocycles. The Kier molecular flexibility index (Phi) is 1.91. The van der Waals surface area contributed by atoms with E-state index < -0.39 is 5.97 Å². The molecule has 1 N–H and O–H groups in total. The van der Waals surface area contributed by atoms with E-state index in [1.807, 2.05) is 0 Å². The van der Waals surface area contributed by atoms with Gasteiger partial charge in [-0.25, -0.2) is 4.79 Å². The summed E-state index contributed by atoms with van der Waals surface area (Å²) in [6.07, 6.45) is 3.34. The van der Waals surface area contributed by atoms with Gasteiger partial charge in [-0.3, -0.25) is 4.79 Å². The first-order chi connectivity index (χ1) is 6.59. The first kappa shape index (κ1) is 8.99. The van der Waals surface area contributed by atoms with Gasteiger partial charge >= 0.3 is 5.97 Å². The van der Waals surface area contributed by atoms with Crippen molar-refractivity contribution < 1.29 is 14.7 Å². The number of hydrogen-bond acceptors (Lipinski definition) is 2. The van der Waals surface area contributed by atoms with Gasteiger partial charge in [-0.15, -0.1) is 0 Å². The Morgan fingerprint density at radius 2 is 2.14 bits per heavy atom. The number of Topliss-reactive ketones (excluding diaryl/α,β-unsaturated/α-hetero) is 1. The number of carbonyl (C=O) groups is 2. The lowest BCUT2D eigenvalue weighted by molar-refractivity contribution is 0.0697. The van der Waals surface area contributed by atoms with Crippen molar-refractivity contribution in [3.8, 4) is 0 Å². The van der Waals surface area contributed by atoms with Crippen molar-refractivity contribution in [3.05, 3.63) is 23.5 Å². The zero-order valence-electron chi connectivity index (χ0n) is 7.86. The third kappa shape index (κ3) is 1.43. The molecule has 1 fully saturated rings. The van der Waals surface area contributed by atoms with E-state index in [-0.39, 0.29) is 17.3 Å². The average Bonchev–Trinajstić information content (AvgIpc) is 2.88. The van der Waals surface area contributed by atoms with Gasteiger partial charge in [0, 0.05) is 19.2 Å². The van der Waals surface area contributed by atoms with Crippen molar-refractivity contribution in [1.82, 2.24) is 4.57 Å². The molecule has 4 nitrogen and oxygen atoms in total. The van der Waals surface area contributed by atoms with Crippen LogP contribution in [0.5, 0.6) is 0 Å². The smallest absolute Gasteiger partial charge is 0.337 e. The van der Waals surface area contributed by atoms with E-state index in [0.717, 1.165) is 12.8 Å². The van der Waals surface area contributed by atoms with Crippen LogP contribution in [0.2, 0.25) is 0 Å². The second-order valence-corrected chi connectivity index (χ2v) is 3.67. The molecular formula is C10H11NO3. The van der Waals surface area contributed by atoms with Crippen LogP contribution in [0.15, 0.2) is 12.3 Å². The van der Waals surface area contributed by atoms with Gasteiger partial charge < -0.3 is 9.67 Å². The van der Waals surface area contributed by atoms with Gasteiger partial charge in [-0.2, -0.15) is 0 Å². The van der Waals surface area contributed by atoms with Crippen LogP contribution in [0.3, 0.4) is 0 Å². The van der Waals surface area contributed by atoms with Crippen molar-refractivity contribution in [2.45, 2.75) is 12.8 Å². The zero-order chi connectivity index (χ0) is 10.3. The zero-order valence-corrected chi connectivity index (χ0v) is 7.86. The third-order valence-electron chi connectivity index (χ3n) is 2.45. The maximum Gasteiger partial charge on any atom is 0.337 e. The van der Waals surface area contributed by atoms with Gasteiger partial charge in [-0.05, 0) is 18.9 Å².